The molecule has 0 spiro atoms. The van der Waals surface area contributed by atoms with Crippen LogP contribution in [0.2, 0.25) is 0 Å². The van der Waals surface area contributed by atoms with Crippen LogP contribution in [0.1, 0.15) is 0 Å². The normalized spacial score (nSPS) is 12.4. The molecule has 2 nitrogen and oxygen atoms in total. The van der Waals surface area contributed by atoms with Crippen LogP contribution >= 0.6 is 23.2 Å². The fourth-order valence-electron chi connectivity index (χ4n) is 0.179. The maximum absolute atomic E-state index is 5.41. The van der Waals surface area contributed by atoms with Crippen molar-refractivity contribution in [3.05, 3.63) is 24.0 Å². The van der Waals surface area contributed by atoms with E-state index >= 15 is 0 Å². The number of allylic oxidation sites excluding steroid dienone is 1. The first-order valence-corrected chi connectivity index (χ1v) is 2.89. The summed E-state index contributed by atoms with van der Waals surface area (Å²) in [4.78, 5) is 3.59. The largest absolute Gasteiger partial charge is 0.403 e. The molecule has 0 bridgehead atoms. The summed E-state index contributed by atoms with van der Waals surface area (Å²) in [6, 6.07) is 0. The Balaban J connectivity index is 4.00. The van der Waals surface area contributed by atoms with Gasteiger partial charge in [-0.2, -0.15) is 0 Å². The number of nitrogens with zero attached hydrogens (tertiary/aromatic N) is 1. The lowest BCUT2D eigenvalue weighted by molar-refractivity contribution is 1.49. The first-order chi connectivity index (χ1) is 4.18. The molecular formula is C5H6Cl2N2. The van der Waals surface area contributed by atoms with Crippen LogP contribution in [0.3, 0.4) is 0 Å². The number of halogens is 2. The van der Waals surface area contributed by atoms with Crippen molar-refractivity contribution in [2.45, 2.75) is 0 Å². The third-order valence-electron chi connectivity index (χ3n) is 0.498. The van der Waals surface area contributed by atoms with Gasteiger partial charge in [0.2, 0.25) is 0 Å². The van der Waals surface area contributed by atoms with E-state index in [1.54, 1.807) is 0 Å². The zero-order valence-electron chi connectivity index (χ0n) is 4.64. The fraction of sp³-hybridized carbons (Fsp3) is 0. The first-order valence-electron chi connectivity index (χ1n) is 2.13. The summed E-state index contributed by atoms with van der Waals surface area (Å²) in [5, 5.41) is 0.355. The number of rotatable bonds is 2. The molecule has 0 rings (SSSR count). The Bertz CT molecular complexity index is 160. The summed E-state index contributed by atoms with van der Waals surface area (Å²) < 4.78 is 0. The van der Waals surface area contributed by atoms with Crippen molar-refractivity contribution in [2.75, 3.05) is 0 Å². The van der Waals surface area contributed by atoms with Gasteiger partial charge in [0.15, 0.2) is 0 Å². The minimum absolute atomic E-state index is 0.151. The lowest BCUT2D eigenvalue weighted by Gasteiger charge is -1.86. The molecule has 0 heterocycles. The van der Waals surface area contributed by atoms with Crippen LogP contribution in [-0.2, 0) is 0 Å². The average molecular weight is 165 g/mol. The molecule has 50 valence electrons. The molecule has 0 amide bonds. The van der Waals surface area contributed by atoms with Gasteiger partial charge in [-0.1, -0.05) is 29.8 Å². The van der Waals surface area contributed by atoms with Gasteiger partial charge >= 0.3 is 0 Å². The summed E-state index contributed by atoms with van der Waals surface area (Å²) in [7, 11) is 0. The topological polar surface area (TPSA) is 38.4 Å². The summed E-state index contributed by atoms with van der Waals surface area (Å²) in [5.74, 6) is 0. The molecular weight excluding hydrogens is 159 g/mol. The number of hydrogen-bond donors (Lipinski definition) is 1. The average Bonchev–Trinajstić information content (AvgIpc) is 1.82. The Hall–Kier alpha value is -0.470. The molecule has 2 N–H and O–H groups in total. The van der Waals surface area contributed by atoms with E-state index in [4.69, 9.17) is 28.9 Å². The molecule has 9 heavy (non-hydrogen) atoms. The lowest BCUT2D eigenvalue weighted by Crippen LogP contribution is -1.83. The van der Waals surface area contributed by atoms with Crippen LogP contribution in [0.15, 0.2) is 29.0 Å². The predicted molar refractivity (Wildman–Crippen MR) is 41.6 cm³/mol. The van der Waals surface area contributed by atoms with Crippen molar-refractivity contribution in [1.29, 1.82) is 0 Å². The molecule has 0 aliphatic heterocycles. The highest BCUT2D eigenvalue weighted by molar-refractivity contribution is 6.75. The number of aliphatic imine (C=N–C) groups is 1. The van der Waals surface area contributed by atoms with Gasteiger partial charge in [0.25, 0.3) is 0 Å². The predicted octanol–water partition coefficient (Wildman–Crippen LogP) is 1.81. The minimum atomic E-state index is 0.151. The number of hydrogen-bond acceptors (Lipinski definition) is 2. The molecule has 0 atom stereocenters. The molecule has 4 heteroatoms. The molecule has 0 aliphatic rings. The van der Waals surface area contributed by atoms with E-state index in [9.17, 15) is 0 Å². The maximum atomic E-state index is 5.41. The third kappa shape index (κ3) is 4.06. The molecule has 0 fully saturated rings. The van der Waals surface area contributed by atoms with Crippen molar-refractivity contribution in [2.24, 2.45) is 10.7 Å². The van der Waals surface area contributed by atoms with Crippen molar-refractivity contribution in [3.63, 3.8) is 0 Å². The van der Waals surface area contributed by atoms with Crippen LogP contribution in [0.5, 0.6) is 0 Å². The highest BCUT2D eigenvalue weighted by Gasteiger charge is 1.91. The van der Waals surface area contributed by atoms with E-state index in [2.05, 4.69) is 11.6 Å². The van der Waals surface area contributed by atoms with Gasteiger partial charge in [0, 0.05) is 12.4 Å². The second kappa shape index (κ2) is 4.41. The van der Waals surface area contributed by atoms with Crippen LogP contribution < -0.4 is 5.73 Å². The highest BCUT2D eigenvalue weighted by atomic mass is 35.5. The van der Waals surface area contributed by atoms with Gasteiger partial charge in [-0.25, -0.2) is 4.99 Å². The lowest BCUT2D eigenvalue weighted by atomic mass is 10.7. The monoisotopic (exact) mass is 164 g/mol. The number of nitrogens with two attached hydrogens (primary N) is 1. The SMILES string of the molecule is C=C(Cl)/C(Cl)=N\C=C/N. The minimum Gasteiger partial charge on any atom is -0.403 e. The molecule has 0 unspecified atom stereocenters. The molecule has 0 saturated carbocycles. The van der Waals surface area contributed by atoms with Gasteiger partial charge in [-0.15, -0.1) is 0 Å². The van der Waals surface area contributed by atoms with E-state index in [1.165, 1.54) is 12.4 Å². The maximum Gasteiger partial charge on any atom is 0.147 e. The Kier molecular flexibility index (Phi) is 4.18. The van der Waals surface area contributed by atoms with Gasteiger partial charge in [-0.3, -0.25) is 0 Å². The molecule has 0 aromatic rings. The van der Waals surface area contributed by atoms with E-state index < -0.39 is 0 Å². The quantitative estimate of drug-likeness (QED) is 0.622. The van der Waals surface area contributed by atoms with Crippen molar-refractivity contribution >= 4 is 28.4 Å². The summed E-state index contributed by atoms with van der Waals surface area (Å²) >= 11 is 10.7. The summed E-state index contributed by atoms with van der Waals surface area (Å²) in [6.45, 7) is 3.34. The van der Waals surface area contributed by atoms with E-state index in [-0.39, 0.29) is 10.2 Å². The Labute approximate surface area is 63.7 Å². The second-order valence-electron chi connectivity index (χ2n) is 1.17. The first kappa shape index (κ1) is 8.53. The third-order valence-corrected chi connectivity index (χ3v) is 1.10. The zero-order valence-corrected chi connectivity index (χ0v) is 6.15. The Morgan fingerprint density at radius 2 is 2.11 bits per heavy atom. The Morgan fingerprint density at radius 1 is 1.56 bits per heavy atom. The zero-order chi connectivity index (χ0) is 7.28. The van der Waals surface area contributed by atoms with Gasteiger partial charge in [0.05, 0.1) is 5.03 Å². The smallest absolute Gasteiger partial charge is 0.147 e. The van der Waals surface area contributed by atoms with E-state index in [0.29, 0.717) is 0 Å². The molecule has 0 aromatic heterocycles. The van der Waals surface area contributed by atoms with Crippen molar-refractivity contribution < 1.29 is 0 Å². The van der Waals surface area contributed by atoms with Gasteiger partial charge < -0.3 is 5.73 Å². The second-order valence-corrected chi connectivity index (χ2v) is 1.98. The van der Waals surface area contributed by atoms with Crippen LogP contribution in [-0.4, -0.2) is 5.17 Å². The molecule has 0 aliphatic carbocycles. The van der Waals surface area contributed by atoms with Gasteiger partial charge in [0.1, 0.15) is 5.17 Å². The van der Waals surface area contributed by atoms with Crippen LogP contribution in [0.25, 0.3) is 0 Å². The highest BCUT2D eigenvalue weighted by Crippen LogP contribution is 2.04. The van der Waals surface area contributed by atoms with Gasteiger partial charge in [-0.05, 0) is 0 Å². The van der Waals surface area contributed by atoms with Crippen LogP contribution in [0.4, 0.5) is 0 Å². The van der Waals surface area contributed by atoms with Crippen molar-refractivity contribution in [3.8, 4) is 0 Å². The van der Waals surface area contributed by atoms with Crippen LogP contribution in [0, 0.1) is 0 Å². The molecule has 0 aromatic carbocycles. The van der Waals surface area contributed by atoms with E-state index in [1.807, 2.05) is 0 Å². The fourth-order valence-corrected chi connectivity index (χ4v) is 0.284. The standard InChI is InChI=1S/C5H6Cl2N2/c1-4(6)5(7)9-3-2-8/h2-3H,1,8H2/b3-2-,9-5+. The van der Waals surface area contributed by atoms with E-state index in [0.717, 1.165) is 0 Å². The molecule has 0 radical (unpaired) electrons. The Morgan fingerprint density at radius 3 is 2.44 bits per heavy atom. The molecule has 0 saturated heterocycles. The summed E-state index contributed by atoms with van der Waals surface area (Å²) in [6.07, 6.45) is 2.58. The summed E-state index contributed by atoms with van der Waals surface area (Å²) in [5.41, 5.74) is 4.96. The van der Waals surface area contributed by atoms with Crippen molar-refractivity contribution in [1.82, 2.24) is 0 Å².